The van der Waals surface area contributed by atoms with Crippen molar-refractivity contribution in [3.8, 4) is 0 Å². The number of hydrogen-bond donors (Lipinski definition) is 2. The zero-order valence-corrected chi connectivity index (χ0v) is 12.6. The van der Waals surface area contributed by atoms with Crippen molar-refractivity contribution in [3.05, 3.63) is 53.6 Å². The Kier molecular flexibility index (Phi) is 5.41. The highest BCUT2D eigenvalue weighted by Gasteiger charge is 2.07. The van der Waals surface area contributed by atoms with Gasteiger partial charge in [-0.05, 0) is 23.6 Å². The molecule has 0 radical (unpaired) electrons. The zero-order chi connectivity index (χ0) is 15.9. The van der Waals surface area contributed by atoms with E-state index in [2.05, 4.69) is 20.6 Å². The summed E-state index contributed by atoms with van der Waals surface area (Å²) >= 11 is 0. The van der Waals surface area contributed by atoms with Gasteiger partial charge in [0.05, 0.1) is 5.56 Å². The van der Waals surface area contributed by atoms with E-state index in [-0.39, 0.29) is 11.7 Å². The number of aromatic nitrogens is 2. The van der Waals surface area contributed by atoms with Crippen LogP contribution in [0.4, 0.5) is 10.3 Å². The maximum Gasteiger partial charge on any atom is 0.254 e. The number of carbonyl (C=O) groups is 1. The van der Waals surface area contributed by atoms with Crippen LogP contribution in [0.5, 0.6) is 0 Å². The molecule has 0 aliphatic heterocycles. The number of halogens is 1. The maximum atomic E-state index is 12.8. The lowest BCUT2D eigenvalue weighted by Crippen LogP contribution is -2.27. The van der Waals surface area contributed by atoms with Gasteiger partial charge in [0.1, 0.15) is 5.82 Å². The van der Waals surface area contributed by atoms with E-state index in [1.807, 2.05) is 13.8 Å². The fraction of sp³-hybridized carbons (Fsp3) is 0.312. The van der Waals surface area contributed by atoms with Crippen molar-refractivity contribution < 1.29 is 9.18 Å². The van der Waals surface area contributed by atoms with Gasteiger partial charge < -0.3 is 10.6 Å². The summed E-state index contributed by atoms with van der Waals surface area (Å²) < 4.78 is 12.8. The zero-order valence-electron chi connectivity index (χ0n) is 12.6. The molecule has 0 unspecified atom stereocenters. The molecule has 2 aromatic rings. The monoisotopic (exact) mass is 302 g/mol. The van der Waals surface area contributed by atoms with Crippen molar-refractivity contribution in [1.29, 1.82) is 0 Å². The van der Waals surface area contributed by atoms with Gasteiger partial charge in [-0.2, -0.15) is 0 Å². The lowest BCUT2D eigenvalue weighted by atomic mass is 10.2. The standard InChI is InChI=1S/C16H19FN4O/c1-11(2)7-18-15(22)13-9-20-16(21-10-13)19-8-12-3-5-14(17)6-4-12/h3-6,9-11H,7-8H2,1-2H3,(H,18,22)(H,19,20,21). The van der Waals surface area contributed by atoms with E-state index in [4.69, 9.17) is 0 Å². The predicted octanol–water partition coefficient (Wildman–Crippen LogP) is 2.61. The van der Waals surface area contributed by atoms with Gasteiger partial charge in [0, 0.05) is 25.5 Å². The molecular formula is C16H19FN4O. The smallest absolute Gasteiger partial charge is 0.254 e. The molecule has 1 aromatic heterocycles. The summed E-state index contributed by atoms with van der Waals surface area (Å²) in [6, 6.07) is 6.19. The first-order valence-electron chi connectivity index (χ1n) is 7.13. The molecule has 5 nitrogen and oxygen atoms in total. The lowest BCUT2D eigenvalue weighted by Gasteiger charge is -2.08. The van der Waals surface area contributed by atoms with Gasteiger partial charge in [-0.15, -0.1) is 0 Å². The molecule has 0 aliphatic carbocycles. The Morgan fingerprint density at radius 1 is 1.18 bits per heavy atom. The molecule has 0 fully saturated rings. The first-order chi connectivity index (χ1) is 10.5. The second kappa shape index (κ2) is 7.49. The van der Waals surface area contributed by atoms with E-state index in [1.54, 1.807) is 12.1 Å². The quantitative estimate of drug-likeness (QED) is 0.861. The van der Waals surface area contributed by atoms with Crippen molar-refractivity contribution in [1.82, 2.24) is 15.3 Å². The molecular weight excluding hydrogens is 283 g/mol. The van der Waals surface area contributed by atoms with E-state index in [0.29, 0.717) is 30.5 Å². The minimum absolute atomic E-state index is 0.182. The van der Waals surface area contributed by atoms with Gasteiger partial charge in [-0.25, -0.2) is 14.4 Å². The van der Waals surface area contributed by atoms with Gasteiger partial charge in [-0.3, -0.25) is 4.79 Å². The van der Waals surface area contributed by atoms with Crippen molar-refractivity contribution in [3.63, 3.8) is 0 Å². The first kappa shape index (κ1) is 15.9. The molecule has 0 saturated heterocycles. The average molecular weight is 302 g/mol. The molecule has 0 atom stereocenters. The van der Waals surface area contributed by atoms with Crippen LogP contribution in [-0.4, -0.2) is 22.4 Å². The SMILES string of the molecule is CC(C)CNC(=O)c1cnc(NCc2ccc(F)cc2)nc1. The van der Waals surface area contributed by atoms with Crippen LogP contribution in [-0.2, 0) is 6.54 Å². The number of nitrogens with one attached hydrogen (secondary N) is 2. The van der Waals surface area contributed by atoms with Gasteiger partial charge in [0.2, 0.25) is 5.95 Å². The third kappa shape index (κ3) is 4.80. The fourth-order valence-corrected chi connectivity index (χ4v) is 1.72. The van der Waals surface area contributed by atoms with E-state index in [0.717, 1.165) is 5.56 Å². The molecule has 2 rings (SSSR count). The summed E-state index contributed by atoms with van der Waals surface area (Å²) in [6.07, 6.45) is 2.96. The molecule has 0 aliphatic rings. The third-order valence-corrected chi connectivity index (χ3v) is 2.95. The summed E-state index contributed by atoms with van der Waals surface area (Å²) in [5, 5.41) is 5.83. The molecule has 1 aromatic carbocycles. The van der Waals surface area contributed by atoms with E-state index >= 15 is 0 Å². The topological polar surface area (TPSA) is 66.9 Å². The Morgan fingerprint density at radius 2 is 1.82 bits per heavy atom. The molecule has 0 spiro atoms. The number of anilines is 1. The minimum Gasteiger partial charge on any atom is -0.352 e. The number of rotatable bonds is 6. The Morgan fingerprint density at radius 3 is 2.41 bits per heavy atom. The first-order valence-corrected chi connectivity index (χ1v) is 7.13. The normalized spacial score (nSPS) is 10.5. The lowest BCUT2D eigenvalue weighted by molar-refractivity contribution is 0.0948. The van der Waals surface area contributed by atoms with Gasteiger partial charge in [-0.1, -0.05) is 26.0 Å². The summed E-state index contributed by atoms with van der Waals surface area (Å²) in [4.78, 5) is 20.0. The Bertz CT molecular complexity index is 611. The molecule has 2 N–H and O–H groups in total. The van der Waals surface area contributed by atoms with Crippen LogP contribution in [0.2, 0.25) is 0 Å². The van der Waals surface area contributed by atoms with Gasteiger partial charge in [0.15, 0.2) is 0 Å². The van der Waals surface area contributed by atoms with Crippen LogP contribution in [0.25, 0.3) is 0 Å². The number of hydrogen-bond acceptors (Lipinski definition) is 4. The summed E-state index contributed by atoms with van der Waals surface area (Å²) in [6.45, 7) is 5.15. The highest BCUT2D eigenvalue weighted by Crippen LogP contribution is 2.06. The largest absolute Gasteiger partial charge is 0.352 e. The number of benzene rings is 1. The van der Waals surface area contributed by atoms with Crippen molar-refractivity contribution in [2.45, 2.75) is 20.4 Å². The molecule has 0 saturated carbocycles. The van der Waals surface area contributed by atoms with Crippen molar-refractivity contribution in [2.75, 3.05) is 11.9 Å². The molecule has 116 valence electrons. The molecule has 1 amide bonds. The highest BCUT2D eigenvalue weighted by molar-refractivity contribution is 5.93. The second-order valence-corrected chi connectivity index (χ2v) is 5.38. The van der Waals surface area contributed by atoms with E-state index in [9.17, 15) is 9.18 Å². The van der Waals surface area contributed by atoms with Crippen LogP contribution < -0.4 is 10.6 Å². The second-order valence-electron chi connectivity index (χ2n) is 5.38. The van der Waals surface area contributed by atoms with Gasteiger partial charge in [0.25, 0.3) is 5.91 Å². The highest BCUT2D eigenvalue weighted by atomic mass is 19.1. The van der Waals surface area contributed by atoms with Crippen LogP contribution in [0, 0.1) is 11.7 Å². The Hall–Kier alpha value is -2.50. The van der Waals surface area contributed by atoms with Crippen LogP contribution in [0.15, 0.2) is 36.7 Å². The molecule has 1 heterocycles. The Labute approximate surface area is 129 Å². The number of nitrogens with zero attached hydrogens (tertiary/aromatic N) is 2. The summed E-state index contributed by atoms with van der Waals surface area (Å²) in [5.41, 5.74) is 1.34. The van der Waals surface area contributed by atoms with E-state index < -0.39 is 0 Å². The average Bonchev–Trinajstić information content (AvgIpc) is 2.52. The summed E-state index contributed by atoms with van der Waals surface area (Å²) in [7, 11) is 0. The summed E-state index contributed by atoms with van der Waals surface area (Å²) in [5.74, 6) is 0.363. The van der Waals surface area contributed by atoms with Gasteiger partial charge >= 0.3 is 0 Å². The fourth-order valence-electron chi connectivity index (χ4n) is 1.72. The minimum atomic E-state index is -0.267. The van der Waals surface area contributed by atoms with Crippen molar-refractivity contribution >= 4 is 11.9 Å². The molecule has 6 heteroatoms. The van der Waals surface area contributed by atoms with Crippen LogP contribution in [0.1, 0.15) is 29.8 Å². The number of carbonyl (C=O) groups excluding carboxylic acids is 1. The van der Waals surface area contributed by atoms with Crippen LogP contribution >= 0.6 is 0 Å². The van der Waals surface area contributed by atoms with E-state index in [1.165, 1.54) is 24.5 Å². The van der Waals surface area contributed by atoms with Crippen molar-refractivity contribution in [2.24, 2.45) is 5.92 Å². The maximum absolute atomic E-state index is 12.8. The number of amides is 1. The Balaban J connectivity index is 1.88. The van der Waals surface area contributed by atoms with Crippen LogP contribution in [0.3, 0.4) is 0 Å². The molecule has 22 heavy (non-hydrogen) atoms. The predicted molar refractivity (Wildman–Crippen MR) is 82.9 cm³/mol. The molecule has 0 bridgehead atoms. The third-order valence-electron chi connectivity index (χ3n) is 2.95.